The van der Waals surface area contributed by atoms with Crippen molar-refractivity contribution in [3.05, 3.63) is 104 Å². The molecule has 0 saturated heterocycles. The van der Waals surface area contributed by atoms with Gasteiger partial charge in [-0.05, 0) is 36.4 Å². The molecule has 0 saturated carbocycles. The zero-order valence-corrected chi connectivity index (χ0v) is 20.4. The molecule has 6 aromatic rings. The van der Waals surface area contributed by atoms with Crippen molar-refractivity contribution in [2.75, 3.05) is 0 Å². The predicted octanol–water partition coefficient (Wildman–Crippen LogP) is 5.96. The van der Waals surface area contributed by atoms with Gasteiger partial charge in [-0.2, -0.15) is 0 Å². The van der Waals surface area contributed by atoms with E-state index in [-0.39, 0.29) is 43.5 Å². The van der Waals surface area contributed by atoms with Crippen molar-refractivity contribution >= 4 is 77.0 Å². The van der Waals surface area contributed by atoms with Gasteiger partial charge in [0.2, 0.25) is 0 Å². The van der Waals surface area contributed by atoms with E-state index in [4.69, 9.17) is 0 Å². The molecule has 0 amide bonds. The summed E-state index contributed by atoms with van der Waals surface area (Å²) in [5.74, 6) is -2.17. The van der Waals surface area contributed by atoms with Crippen molar-refractivity contribution in [1.29, 1.82) is 0 Å². The number of hydrogen-bond acceptors (Lipinski definition) is 6. The second-order valence-corrected chi connectivity index (χ2v) is 10.5. The minimum Gasteiger partial charge on any atom is -0.478 e. The third-order valence-corrected chi connectivity index (χ3v) is 8.40. The number of carboxylic acids is 2. The largest absolute Gasteiger partial charge is 0.478 e. The predicted molar refractivity (Wildman–Crippen MR) is 146 cm³/mol. The number of carboxylic acid groups (broad SMARTS) is 2. The van der Waals surface area contributed by atoms with Crippen LogP contribution in [0.5, 0.6) is 0 Å². The fourth-order valence-electron chi connectivity index (χ4n) is 4.47. The first-order valence-electron chi connectivity index (χ1n) is 11.1. The lowest BCUT2D eigenvalue weighted by Gasteiger charge is -2.13. The second-order valence-electron chi connectivity index (χ2n) is 8.35. The van der Waals surface area contributed by atoms with Crippen molar-refractivity contribution in [3.8, 4) is 0 Å². The summed E-state index contributed by atoms with van der Waals surface area (Å²) in [5.41, 5.74) is 0.469. The Balaban J connectivity index is 1.78. The average molecular weight is 526 g/mol. The molecule has 0 aliphatic carbocycles. The molecule has 5 aromatic carbocycles. The smallest absolute Gasteiger partial charge is 0.336 e. The third kappa shape index (κ3) is 3.67. The Hall–Kier alpha value is -4.47. The van der Waals surface area contributed by atoms with E-state index < -0.39 is 11.9 Å². The van der Waals surface area contributed by atoms with Crippen LogP contribution in [0.25, 0.3) is 42.0 Å². The van der Waals surface area contributed by atoms with Crippen molar-refractivity contribution in [3.63, 3.8) is 0 Å². The van der Waals surface area contributed by atoms with Gasteiger partial charge in [-0.25, -0.2) is 9.59 Å². The number of hydrogen-bond donors (Lipinski definition) is 3. The molecule has 0 unspecified atom stereocenters. The van der Waals surface area contributed by atoms with Crippen LogP contribution in [0, 0.1) is 0 Å². The minimum absolute atomic E-state index is 0.0891. The minimum atomic E-state index is -1.10. The summed E-state index contributed by atoms with van der Waals surface area (Å²) in [5, 5.41) is 20.0. The van der Waals surface area contributed by atoms with E-state index in [0.29, 0.717) is 25.5 Å². The first-order chi connectivity index (χ1) is 17.8. The maximum atomic E-state index is 13.8. The Labute approximate surface area is 215 Å². The second kappa shape index (κ2) is 8.58. The van der Waals surface area contributed by atoms with Crippen molar-refractivity contribution in [2.24, 2.45) is 0 Å². The summed E-state index contributed by atoms with van der Waals surface area (Å²) in [6, 6.07) is 19.6. The molecule has 0 bridgehead atoms. The molecule has 6 rings (SSSR count). The van der Waals surface area contributed by atoms with E-state index in [2.05, 4.69) is 4.98 Å². The van der Waals surface area contributed by atoms with Crippen LogP contribution in [0.1, 0.15) is 20.7 Å². The van der Waals surface area contributed by atoms with Crippen LogP contribution in [0.3, 0.4) is 0 Å². The van der Waals surface area contributed by atoms with Gasteiger partial charge in [0.05, 0.1) is 36.9 Å². The lowest BCUT2D eigenvalue weighted by atomic mass is 10.0. The van der Waals surface area contributed by atoms with Gasteiger partial charge >= 0.3 is 11.9 Å². The Bertz CT molecular complexity index is 2080. The Kier molecular flexibility index (Phi) is 5.32. The summed E-state index contributed by atoms with van der Waals surface area (Å²) in [7, 11) is 0. The number of aromatic nitrogens is 1. The molecule has 0 spiro atoms. The van der Waals surface area contributed by atoms with Crippen molar-refractivity contribution in [2.45, 2.75) is 9.79 Å². The Morgan fingerprint density at radius 3 is 2.11 bits per heavy atom. The molecule has 0 atom stereocenters. The molecule has 7 nitrogen and oxygen atoms in total. The van der Waals surface area contributed by atoms with Crippen LogP contribution in [0.4, 0.5) is 0 Å². The van der Waals surface area contributed by atoms with Gasteiger partial charge in [0, 0.05) is 25.9 Å². The number of aromatic amines is 1. The van der Waals surface area contributed by atoms with Crippen LogP contribution in [0.2, 0.25) is 0 Å². The molecule has 9 heteroatoms. The van der Waals surface area contributed by atoms with E-state index in [9.17, 15) is 29.4 Å². The highest BCUT2D eigenvalue weighted by molar-refractivity contribution is 7.99. The van der Waals surface area contributed by atoms with Crippen LogP contribution in [-0.2, 0) is 0 Å². The normalized spacial score (nSPS) is 11.5. The van der Waals surface area contributed by atoms with Crippen LogP contribution < -0.4 is 10.9 Å². The van der Waals surface area contributed by atoms with Crippen molar-refractivity contribution < 1.29 is 19.8 Å². The molecule has 0 aliphatic rings. The quantitative estimate of drug-likeness (QED) is 0.192. The summed E-state index contributed by atoms with van der Waals surface area (Å²) in [6.45, 7) is 0. The van der Waals surface area contributed by atoms with Crippen LogP contribution in [0.15, 0.2) is 92.2 Å². The van der Waals surface area contributed by atoms with E-state index in [1.165, 1.54) is 29.5 Å². The van der Waals surface area contributed by atoms with E-state index in [1.54, 1.807) is 54.6 Å². The molecule has 180 valence electrons. The standard InChI is InChI=1S/C28H15NO6S2/c30-25-14-5-1-2-6-15(14)26(31)23-22(25)20(36-18-8-4-3-7-16(18)28(34)35)12-21-24(23)29-17-11-13(27(32)33)9-10-19(17)37-21/h1-12,29H,(H,32,33)(H,34,35). The molecule has 0 radical (unpaired) electrons. The number of fused-ring (bicyclic) bond motifs is 5. The number of carbonyl (C=O) groups is 2. The Morgan fingerprint density at radius 2 is 1.41 bits per heavy atom. The highest BCUT2D eigenvalue weighted by atomic mass is 32.2. The van der Waals surface area contributed by atoms with Gasteiger partial charge in [0.1, 0.15) is 0 Å². The fourth-order valence-corrected chi connectivity index (χ4v) is 6.70. The number of H-pyrrole nitrogens is 1. The molecule has 37 heavy (non-hydrogen) atoms. The van der Waals surface area contributed by atoms with Gasteiger partial charge in [-0.1, -0.05) is 48.2 Å². The van der Waals surface area contributed by atoms with E-state index in [0.717, 1.165) is 16.5 Å². The number of aromatic carboxylic acids is 2. The van der Waals surface area contributed by atoms with Gasteiger partial charge in [0.15, 0.2) is 10.9 Å². The molecule has 1 heterocycles. The maximum absolute atomic E-state index is 13.8. The highest BCUT2D eigenvalue weighted by Crippen LogP contribution is 2.39. The lowest BCUT2D eigenvalue weighted by molar-refractivity contribution is 0.0684. The maximum Gasteiger partial charge on any atom is 0.336 e. The Morgan fingerprint density at radius 1 is 0.730 bits per heavy atom. The average Bonchev–Trinajstić information content (AvgIpc) is 2.90. The summed E-state index contributed by atoms with van der Waals surface area (Å²) in [6.07, 6.45) is 0. The molecule has 0 aliphatic heterocycles. The molecule has 1 aromatic heterocycles. The first-order valence-corrected chi connectivity index (χ1v) is 12.7. The zero-order chi connectivity index (χ0) is 25.8. The SMILES string of the molecule is O=C(O)c1ccc2sc3cc(Sc4ccccc4C(=O)O)c4c(=O)c5ccccc5c(=O)c4c3[nH]c2c1. The molecule has 3 N–H and O–H groups in total. The van der Waals surface area contributed by atoms with Gasteiger partial charge in [-0.3, -0.25) is 9.59 Å². The number of benzene rings is 5. The molecular weight excluding hydrogens is 510 g/mol. The van der Waals surface area contributed by atoms with Gasteiger partial charge < -0.3 is 15.2 Å². The fraction of sp³-hybridized carbons (Fsp3) is 0. The highest BCUT2D eigenvalue weighted by Gasteiger charge is 2.20. The van der Waals surface area contributed by atoms with E-state index >= 15 is 0 Å². The van der Waals surface area contributed by atoms with Gasteiger partial charge in [0.25, 0.3) is 0 Å². The summed E-state index contributed by atoms with van der Waals surface area (Å²) < 4.78 is 1.43. The van der Waals surface area contributed by atoms with Crippen molar-refractivity contribution in [1.82, 2.24) is 4.98 Å². The molecular formula is C28H15NO6S2. The number of rotatable bonds is 4. The third-order valence-electron chi connectivity index (χ3n) is 6.17. The van der Waals surface area contributed by atoms with E-state index in [1.807, 2.05) is 0 Å². The summed E-state index contributed by atoms with van der Waals surface area (Å²) >= 11 is 2.47. The first kappa shape index (κ1) is 23.0. The van der Waals surface area contributed by atoms with Gasteiger partial charge in [-0.15, -0.1) is 11.3 Å². The monoisotopic (exact) mass is 525 g/mol. The van der Waals surface area contributed by atoms with Crippen LogP contribution >= 0.6 is 23.1 Å². The zero-order valence-electron chi connectivity index (χ0n) is 18.8. The lowest BCUT2D eigenvalue weighted by Crippen LogP contribution is -2.14. The summed E-state index contributed by atoms with van der Waals surface area (Å²) in [4.78, 5) is 55.0. The number of nitrogens with one attached hydrogen (secondary N) is 1. The van der Waals surface area contributed by atoms with Crippen LogP contribution in [-0.4, -0.2) is 27.1 Å². The molecule has 0 fully saturated rings. The topological polar surface area (TPSA) is 125 Å².